The molecule has 2 aliphatic rings. The van der Waals surface area contributed by atoms with E-state index < -0.39 is 0 Å². The van der Waals surface area contributed by atoms with E-state index in [1.165, 1.54) is 32.1 Å². The smallest absolute Gasteiger partial charge is 0.0601 e. The molecule has 0 aromatic heterocycles. The van der Waals surface area contributed by atoms with E-state index in [9.17, 15) is 0 Å². The van der Waals surface area contributed by atoms with Crippen LogP contribution in [-0.2, 0) is 9.47 Å². The molecule has 1 saturated heterocycles. The molecule has 1 aliphatic carbocycles. The van der Waals surface area contributed by atoms with Gasteiger partial charge in [-0.1, -0.05) is 0 Å². The van der Waals surface area contributed by atoms with Crippen LogP contribution in [0.25, 0.3) is 0 Å². The molecule has 0 aromatic carbocycles. The van der Waals surface area contributed by atoms with Crippen molar-refractivity contribution in [3.63, 3.8) is 0 Å². The lowest BCUT2D eigenvalue weighted by Crippen LogP contribution is -2.45. The number of rotatable bonds is 5. The van der Waals surface area contributed by atoms with Gasteiger partial charge in [-0.15, -0.1) is 0 Å². The van der Waals surface area contributed by atoms with Crippen molar-refractivity contribution in [1.29, 1.82) is 0 Å². The average molecular weight is 199 g/mol. The molecule has 2 fully saturated rings. The first-order valence-electron chi connectivity index (χ1n) is 5.76. The van der Waals surface area contributed by atoms with Gasteiger partial charge in [0.25, 0.3) is 0 Å². The van der Waals surface area contributed by atoms with Crippen molar-refractivity contribution in [3.8, 4) is 0 Å². The molecule has 1 saturated carbocycles. The molecule has 14 heavy (non-hydrogen) atoms. The van der Waals surface area contributed by atoms with Crippen LogP contribution in [0, 0.1) is 0 Å². The number of hydrogen-bond donors (Lipinski definition) is 1. The maximum absolute atomic E-state index is 5.56. The van der Waals surface area contributed by atoms with Crippen LogP contribution in [-0.4, -0.2) is 38.5 Å². The van der Waals surface area contributed by atoms with Gasteiger partial charge >= 0.3 is 0 Å². The molecule has 1 aliphatic heterocycles. The minimum absolute atomic E-state index is 0.509. The van der Waals surface area contributed by atoms with Gasteiger partial charge in [-0.25, -0.2) is 0 Å². The van der Waals surface area contributed by atoms with Crippen LogP contribution in [0.5, 0.6) is 0 Å². The van der Waals surface area contributed by atoms with Gasteiger partial charge in [0.2, 0.25) is 0 Å². The largest absolute Gasteiger partial charge is 0.381 e. The summed E-state index contributed by atoms with van der Waals surface area (Å²) in [5.74, 6) is 0. The summed E-state index contributed by atoms with van der Waals surface area (Å²) >= 11 is 0. The quantitative estimate of drug-likeness (QED) is 0.724. The first-order chi connectivity index (χ1) is 6.88. The minimum Gasteiger partial charge on any atom is -0.381 e. The second-order valence-electron chi connectivity index (χ2n) is 4.40. The van der Waals surface area contributed by atoms with Crippen LogP contribution >= 0.6 is 0 Å². The normalized spacial score (nSPS) is 37.1. The van der Waals surface area contributed by atoms with E-state index in [-0.39, 0.29) is 0 Å². The van der Waals surface area contributed by atoms with Crippen LogP contribution < -0.4 is 5.32 Å². The highest BCUT2D eigenvalue weighted by atomic mass is 16.5. The molecule has 82 valence electrons. The predicted molar refractivity (Wildman–Crippen MR) is 55.4 cm³/mol. The van der Waals surface area contributed by atoms with E-state index in [1.807, 2.05) is 0 Å². The fraction of sp³-hybridized carbons (Fsp3) is 1.00. The molecule has 0 spiro atoms. The highest BCUT2D eigenvalue weighted by Gasteiger charge is 2.28. The summed E-state index contributed by atoms with van der Waals surface area (Å²) in [7, 11) is 1.80. The fourth-order valence-electron chi connectivity index (χ4n) is 2.25. The van der Waals surface area contributed by atoms with E-state index in [2.05, 4.69) is 5.32 Å². The van der Waals surface area contributed by atoms with Crippen molar-refractivity contribution in [2.24, 2.45) is 0 Å². The van der Waals surface area contributed by atoms with Crippen LogP contribution in [0.15, 0.2) is 0 Å². The Morgan fingerprint density at radius 1 is 1.43 bits per heavy atom. The highest BCUT2D eigenvalue weighted by Crippen LogP contribution is 2.22. The van der Waals surface area contributed by atoms with E-state index in [0.717, 1.165) is 13.2 Å². The lowest BCUT2D eigenvalue weighted by Gasteiger charge is -2.35. The summed E-state index contributed by atoms with van der Waals surface area (Å²) in [6, 6.07) is 0.696. The molecule has 0 bridgehead atoms. The second kappa shape index (κ2) is 5.10. The van der Waals surface area contributed by atoms with E-state index in [1.54, 1.807) is 7.11 Å². The molecule has 3 nitrogen and oxygen atoms in total. The van der Waals surface area contributed by atoms with Gasteiger partial charge in [-0.05, 0) is 38.6 Å². The molecule has 3 heteroatoms. The summed E-state index contributed by atoms with van der Waals surface area (Å²) in [6.07, 6.45) is 7.08. The zero-order valence-electron chi connectivity index (χ0n) is 9.00. The number of methoxy groups -OCH3 is 1. The van der Waals surface area contributed by atoms with E-state index in [4.69, 9.17) is 9.47 Å². The van der Waals surface area contributed by atoms with Crippen molar-refractivity contribution in [2.75, 3.05) is 20.3 Å². The first kappa shape index (κ1) is 10.4. The third kappa shape index (κ3) is 2.69. The SMILES string of the molecule is COC1CC(NCCC2CCCO2)C1. The predicted octanol–water partition coefficient (Wildman–Crippen LogP) is 1.32. The molecule has 0 amide bonds. The Labute approximate surface area is 86.2 Å². The Bertz CT molecular complexity index is 163. The van der Waals surface area contributed by atoms with Crippen molar-refractivity contribution < 1.29 is 9.47 Å². The Hall–Kier alpha value is -0.120. The Balaban J connectivity index is 1.47. The van der Waals surface area contributed by atoms with E-state index >= 15 is 0 Å². The fourth-order valence-corrected chi connectivity index (χ4v) is 2.25. The van der Waals surface area contributed by atoms with Gasteiger partial charge in [-0.2, -0.15) is 0 Å². The summed E-state index contributed by atoms with van der Waals surface area (Å²) in [5, 5.41) is 3.55. The van der Waals surface area contributed by atoms with E-state index in [0.29, 0.717) is 18.2 Å². The van der Waals surface area contributed by atoms with Crippen molar-refractivity contribution >= 4 is 0 Å². The molecule has 1 heterocycles. The molecule has 1 N–H and O–H groups in total. The number of ether oxygens (including phenoxy) is 2. The summed E-state index contributed by atoms with van der Waals surface area (Å²) in [4.78, 5) is 0. The van der Waals surface area contributed by atoms with Crippen molar-refractivity contribution in [3.05, 3.63) is 0 Å². The van der Waals surface area contributed by atoms with Crippen LogP contribution in [0.4, 0.5) is 0 Å². The Kier molecular flexibility index (Phi) is 3.79. The lowest BCUT2D eigenvalue weighted by atomic mass is 9.89. The molecule has 0 aromatic rings. The minimum atomic E-state index is 0.509. The average Bonchev–Trinajstić information content (AvgIpc) is 2.61. The molecule has 0 radical (unpaired) electrons. The third-order valence-corrected chi connectivity index (χ3v) is 3.35. The van der Waals surface area contributed by atoms with Crippen LogP contribution in [0.1, 0.15) is 32.1 Å². The lowest BCUT2D eigenvalue weighted by molar-refractivity contribution is 0.0161. The number of nitrogens with one attached hydrogen (secondary N) is 1. The summed E-state index contributed by atoms with van der Waals surface area (Å²) < 4.78 is 10.8. The monoisotopic (exact) mass is 199 g/mol. The molecule has 1 unspecified atom stereocenters. The standard InChI is InChI=1S/C11H21NO2/c1-13-11-7-9(8-11)12-5-4-10-3-2-6-14-10/h9-12H,2-8H2,1H3. The first-order valence-corrected chi connectivity index (χ1v) is 5.76. The Morgan fingerprint density at radius 2 is 2.29 bits per heavy atom. The van der Waals surface area contributed by atoms with Gasteiger partial charge < -0.3 is 14.8 Å². The van der Waals surface area contributed by atoms with Crippen LogP contribution in [0.3, 0.4) is 0 Å². The van der Waals surface area contributed by atoms with Crippen molar-refractivity contribution in [2.45, 2.75) is 50.4 Å². The Morgan fingerprint density at radius 3 is 2.93 bits per heavy atom. The third-order valence-electron chi connectivity index (χ3n) is 3.35. The van der Waals surface area contributed by atoms with Gasteiger partial charge in [0, 0.05) is 19.8 Å². The topological polar surface area (TPSA) is 30.5 Å². The van der Waals surface area contributed by atoms with Gasteiger partial charge in [0.1, 0.15) is 0 Å². The molecule has 1 atom stereocenters. The molecule has 2 rings (SSSR count). The summed E-state index contributed by atoms with van der Waals surface area (Å²) in [5.41, 5.74) is 0. The maximum Gasteiger partial charge on any atom is 0.0601 e. The molecular formula is C11H21NO2. The highest BCUT2D eigenvalue weighted by molar-refractivity contribution is 4.85. The summed E-state index contributed by atoms with van der Waals surface area (Å²) in [6.45, 7) is 2.08. The van der Waals surface area contributed by atoms with Gasteiger partial charge in [-0.3, -0.25) is 0 Å². The maximum atomic E-state index is 5.56. The molecular weight excluding hydrogens is 178 g/mol. The van der Waals surface area contributed by atoms with Gasteiger partial charge in [0.05, 0.1) is 12.2 Å². The second-order valence-corrected chi connectivity index (χ2v) is 4.40. The zero-order chi connectivity index (χ0) is 9.80. The number of hydrogen-bond acceptors (Lipinski definition) is 3. The van der Waals surface area contributed by atoms with Gasteiger partial charge in [0.15, 0.2) is 0 Å². The van der Waals surface area contributed by atoms with Crippen LogP contribution in [0.2, 0.25) is 0 Å². The van der Waals surface area contributed by atoms with Crippen molar-refractivity contribution in [1.82, 2.24) is 5.32 Å². The zero-order valence-corrected chi connectivity index (χ0v) is 9.00.